The molecule has 0 aliphatic heterocycles. The van der Waals surface area contributed by atoms with Crippen LogP contribution < -0.4 is 0 Å². The Bertz CT molecular complexity index is 2700. The molecular formula is C46H33N5. The zero-order valence-electron chi connectivity index (χ0n) is 28.1. The molecule has 0 amide bonds. The minimum Gasteiger partial charge on any atom is -0.309 e. The highest BCUT2D eigenvalue weighted by Gasteiger charge is 2.20. The highest BCUT2D eigenvalue weighted by Crippen LogP contribution is 2.40. The molecule has 51 heavy (non-hydrogen) atoms. The number of fused-ring (bicyclic) bond motifs is 4. The fourth-order valence-electron chi connectivity index (χ4n) is 7.18. The van der Waals surface area contributed by atoms with E-state index in [1.807, 2.05) is 66.7 Å². The van der Waals surface area contributed by atoms with Gasteiger partial charge in [-0.3, -0.25) is 0 Å². The van der Waals surface area contributed by atoms with Crippen LogP contribution in [0.15, 0.2) is 164 Å². The summed E-state index contributed by atoms with van der Waals surface area (Å²) in [5, 5.41) is 3.53. The standard InChI is InChI=1S/C46H33N5/c1-3-17-40-36(4-2)38-29-39-37-26-14-15-27-41(37)51(43(39)30-42(38)50(40)34-23-12-7-13-24-34)35-25-16-22-33(28-35)46-48-44(31-18-8-5-9-19-31)47-45(49-46)32-20-10-6-11-21-32/h3-30H,2H2,1H3/b17-3-. The van der Waals surface area contributed by atoms with E-state index in [9.17, 15) is 0 Å². The molecule has 0 unspecified atom stereocenters. The first-order chi connectivity index (χ1) is 25.2. The van der Waals surface area contributed by atoms with Gasteiger partial charge in [0.2, 0.25) is 0 Å². The molecule has 0 N–H and O–H groups in total. The molecule has 0 aliphatic carbocycles. The Morgan fingerprint density at radius 1 is 0.471 bits per heavy atom. The lowest BCUT2D eigenvalue weighted by Crippen LogP contribution is -2.01. The quantitative estimate of drug-likeness (QED) is 0.172. The Balaban J connectivity index is 1.30. The van der Waals surface area contributed by atoms with Crippen molar-refractivity contribution in [2.45, 2.75) is 6.92 Å². The van der Waals surface area contributed by atoms with E-state index in [1.54, 1.807) is 0 Å². The molecule has 6 aromatic carbocycles. The van der Waals surface area contributed by atoms with Gasteiger partial charge in [-0.05, 0) is 55.5 Å². The zero-order chi connectivity index (χ0) is 34.3. The van der Waals surface area contributed by atoms with Gasteiger partial charge < -0.3 is 9.13 Å². The average molecular weight is 656 g/mol. The van der Waals surface area contributed by atoms with Crippen LogP contribution in [0.3, 0.4) is 0 Å². The molecule has 0 atom stereocenters. The van der Waals surface area contributed by atoms with Gasteiger partial charge in [0.15, 0.2) is 17.5 Å². The minimum absolute atomic E-state index is 0.622. The Labute approximate surface area is 296 Å². The number of hydrogen-bond acceptors (Lipinski definition) is 3. The van der Waals surface area contributed by atoms with Crippen molar-refractivity contribution >= 4 is 44.9 Å². The number of benzene rings is 6. The summed E-state index contributed by atoms with van der Waals surface area (Å²) in [6.45, 7) is 6.31. The zero-order valence-corrected chi connectivity index (χ0v) is 28.1. The van der Waals surface area contributed by atoms with Gasteiger partial charge in [0.25, 0.3) is 0 Å². The topological polar surface area (TPSA) is 48.5 Å². The largest absolute Gasteiger partial charge is 0.309 e. The van der Waals surface area contributed by atoms with Gasteiger partial charge in [-0.2, -0.15) is 0 Å². The third-order valence-corrected chi connectivity index (χ3v) is 9.44. The predicted octanol–water partition coefficient (Wildman–Crippen LogP) is 11.6. The first-order valence-electron chi connectivity index (χ1n) is 17.1. The second-order valence-electron chi connectivity index (χ2n) is 12.5. The monoisotopic (exact) mass is 655 g/mol. The summed E-state index contributed by atoms with van der Waals surface area (Å²) >= 11 is 0. The van der Waals surface area contributed by atoms with Gasteiger partial charge in [-0.25, -0.2) is 15.0 Å². The van der Waals surface area contributed by atoms with E-state index in [0.29, 0.717) is 17.5 Å². The van der Waals surface area contributed by atoms with Crippen LogP contribution in [0, 0.1) is 0 Å². The van der Waals surface area contributed by atoms with Crippen LogP contribution in [0.25, 0.3) is 90.4 Å². The SMILES string of the molecule is C=Cc1c(/C=C\C)n(-c2ccccc2)c2cc3c(cc12)c1ccccc1n3-c1cccc(-c2nc(-c3ccccc3)nc(-c3ccccc3)n2)c1. The Morgan fingerprint density at radius 3 is 1.67 bits per heavy atom. The summed E-state index contributed by atoms with van der Waals surface area (Å²) in [6.07, 6.45) is 6.25. The Hall–Kier alpha value is -6.85. The van der Waals surface area contributed by atoms with Gasteiger partial charge >= 0.3 is 0 Å². The number of hydrogen-bond donors (Lipinski definition) is 0. The summed E-state index contributed by atoms with van der Waals surface area (Å²) in [5.41, 5.74) is 10.5. The normalized spacial score (nSPS) is 11.6. The van der Waals surface area contributed by atoms with Crippen molar-refractivity contribution in [2.24, 2.45) is 0 Å². The maximum atomic E-state index is 5.02. The van der Waals surface area contributed by atoms with Gasteiger partial charge in [0.05, 0.1) is 22.2 Å². The van der Waals surface area contributed by atoms with E-state index < -0.39 is 0 Å². The lowest BCUT2D eigenvalue weighted by Gasteiger charge is -2.12. The molecule has 0 aliphatic rings. The van der Waals surface area contributed by atoms with Crippen molar-refractivity contribution < 1.29 is 0 Å². The van der Waals surface area contributed by atoms with E-state index in [1.165, 1.54) is 10.8 Å². The summed E-state index contributed by atoms with van der Waals surface area (Å²) in [4.78, 5) is 14.9. The van der Waals surface area contributed by atoms with Crippen LogP contribution in [0.2, 0.25) is 0 Å². The Morgan fingerprint density at radius 2 is 1.02 bits per heavy atom. The number of para-hydroxylation sites is 2. The lowest BCUT2D eigenvalue weighted by atomic mass is 10.1. The first kappa shape index (κ1) is 30.2. The molecular weight excluding hydrogens is 623 g/mol. The molecule has 0 radical (unpaired) electrons. The summed E-state index contributed by atoms with van der Waals surface area (Å²) < 4.78 is 4.70. The maximum Gasteiger partial charge on any atom is 0.164 e. The summed E-state index contributed by atoms with van der Waals surface area (Å²) in [7, 11) is 0. The van der Waals surface area contributed by atoms with Crippen molar-refractivity contribution in [3.8, 4) is 45.5 Å². The molecule has 9 rings (SSSR count). The predicted molar refractivity (Wildman–Crippen MR) is 212 cm³/mol. The molecule has 0 fully saturated rings. The molecule has 3 heterocycles. The van der Waals surface area contributed by atoms with Gasteiger partial charge in [-0.1, -0.05) is 128 Å². The molecule has 242 valence electrons. The smallest absolute Gasteiger partial charge is 0.164 e. The van der Waals surface area contributed by atoms with Gasteiger partial charge in [-0.15, -0.1) is 0 Å². The van der Waals surface area contributed by atoms with Crippen LogP contribution >= 0.6 is 0 Å². The fraction of sp³-hybridized carbons (Fsp3) is 0.0217. The molecule has 0 saturated carbocycles. The average Bonchev–Trinajstić information content (AvgIpc) is 3.69. The van der Waals surface area contributed by atoms with Crippen LogP contribution in [-0.2, 0) is 0 Å². The van der Waals surface area contributed by atoms with E-state index in [4.69, 9.17) is 15.0 Å². The van der Waals surface area contributed by atoms with Crippen molar-refractivity contribution in [1.82, 2.24) is 24.1 Å². The molecule has 9 aromatic rings. The number of allylic oxidation sites excluding steroid dienone is 1. The number of aromatic nitrogens is 5. The van der Waals surface area contributed by atoms with Crippen LogP contribution in [0.5, 0.6) is 0 Å². The lowest BCUT2D eigenvalue weighted by molar-refractivity contribution is 1.07. The molecule has 0 saturated heterocycles. The third-order valence-electron chi connectivity index (χ3n) is 9.44. The van der Waals surface area contributed by atoms with Crippen molar-refractivity contribution in [2.75, 3.05) is 0 Å². The minimum atomic E-state index is 0.622. The molecule has 3 aromatic heterocycles. The summed E-state index contributed by atoms with van der Waals surface area (Å²) in [5.74, 6) is 1.90. The second-order valence-corrected chi connectivity index (χ2v) is 12.5. The van der Waals surface area contributed by atoms with Crippen LogP contribution in [-0.4, -0.2) is 24.1 Å². The maximum absolute atomic E-state index is 5.02. The third kappa shape index (κ3) is 5.15. The van der Waals surface area contributed by atoms with Crippen molar-refractivity contribution in [1.29, 1.82) is 0 Å². The highest BCUT2D eigenvalue weighted by atomic mass is 15.0. The molecule has 5 nitrogen and oxygen atoms in total. The van der Waals surface area contributed by atoms with Crippen LogP contribution in [0.1, 0.15) is 18.2 Å². The fourth-order valence-corrected chi connectivity index (χ4v) is 7.18. The van der Waals surface area contributed by atoms with Crippen molar-refractivity contribution in [3.05, 3.63) is 176 Å². The van der Waals surface area contributed by atoms with E-state index in [0.717, 1.165) is 61.3 Å². The number of rotatable bonds is 7. The van der Waals surface area contributed by atoms with Crippen molar-refractivity contribution in [3.63, 3.8) is 0 Å². The van der Waals surface area contributed by atoms with E-state index in [-0.39, 0.29) is 0 Å². The number of nitrogens with zero attached hydrogens (tertiary/aromatic N) is 5. The molecule has 5 heteroatoms. The van der Waals surface area contributed by atoms with Crippen LogP contribution in [0.4, 0.5) is 0 Å². The second kappa shape index (κ2) is 12.6. The Kier molecular flexibility index (Phi) is 7.44. The first-order valence-corrected chi connectivity index (χ1v) is 17.1. The van der Waals surface area contributed by atoms with Gasteiger partial charge in [0.1, 0.15) is 0 Å². The molecule has 0 spiro atoms. The van der Waals surface area contributed by atoms with E-state index >= 15 is 0 Å². The molecule has 0 bridgehead atoms. The van der Waals surface area contributed by atoms with Gasteiger partial charge in [0, 0.05) is 49.8 Å². The highest BCUT2D eigenvalue weighted by molar-refractivity contribution is 6.15. The summed E-state index contributed by atoms with van der Waals surface area (Å²) in [6, 6.07) is 52.5. The van der Waals surface area contributed by atoms with E-state index in [2.05, 4.69) is 126 Å².